The molecule has 2 N–H and O–H groups in total. The molecule has 0 atom stereocenters. The van der Waals surface area contributed by atoms with Crippen LogP contribution in [-0.2, 0) is 4.74 Å². The van der Waals surface area contributed by atoms with Crippen LogP contribution in [0.3, 0.4) is 0 Å². The van der Waals surface area contributed by atoms with E-state index in [4.69, 9.17) is 14.7 Å². The zero-order valence-corrected chi connectivity index (χ0v) is 13.1. The third kappa shape index (κ3) is 2.63. The molecule has 6 nitrogen and oxygen atoms in total. The number of hydrogen-bond acceptors (Lipinski definition) is 5. The van der Waals surface area contributed by atoms with Gasteiger partial charge in [-0.3, -0.25) is 0 Å². The molecule has 0 aromatic carbocycles. The van der Waals surface area contributed by atoms with Gasteiger partial charge in [-0.05, 0) is 25.8 Å². The molecule has 2 aromatic heterocycles. The van der Waals surface area contributed by atoms with Gasteiger partial charge in [0.05, 0.1) is 18.6 Å². The van der Waals surface area contributed by atoms with Crippen molar-refractivity contribution in [2.45, 2.75) is 38.6 Å². The Hall–Kier alpha value is -1.82. The summed E-state index contributed by atoms with van der Waals surface area (Å²) in [6, 6.07) is 2.68. The normalized spacial score (nSPS) is 20.0. The molecule has 4 rings (SSSR count). The number of rotatable bonds is 3. The molecule has 2 aromatic rings. The van der Waals surface area contributed by atoms with E-state index in [9.17, 15) is 0 Å². The quantitative estimate of drug-likeness (QED) is 0.911. The fraction of sp³-hybridized carbons (Fsp3) is 0.625. The predicted octanol–water partition coefficient (Wildman–Crippen LogP) is 2.46. The van der Waals surface area contributed by atoms with Crippen LogP contribution in [0.2, 0.25) is 0 Å². The molecule has 2 fully saturated rings. The van der Waals surface area contributed by atoms with Crippen molar-refractivity contribution in [2.24, 2.45) is 0 Å². The Kier molecular flexibility index (Phi) is 3.62. The largest absolute Gasteiger partial charge is 0.378 e. The second-order valence-electron chi connectivity index (χ2n) is 6.31. The molecule has 6 heteroatoms. The van der Waals surface area contributed by atoms with Crippen LogP contribution in [0, 0.1) is 6.92 Å². The van der Waals surface area contributed by atoms with E-state index >= 15 is 0 Å². The summed E-state index contributed by atoms with van der Waals surface area (Å²) in [7, 11) is 0. The van der Waals surface area contributed by atoms with Crippen LogP contribution in [0.25, 0.3) is 11.0 Å². The summed E-state index contributed by atoms with van der Waals surface area (Å²) in [6.07, 6.45) is 5.10. The minimum atomic E-state index is 0.547. The van der Waals surface area contributed by atoms with E-state index in [0.29, 0.717) is 6.04 Å². The lowest BCUT2D eigenvalue weighted by atomic mass is 10.2. The molecule has 1 aliphatic carbocycles. The molecule has 0 bridgehead atoms. The van der Waals surface area contributed by atoms with Crippen molar-refractivity contribution >= 4 is 22.8 Å². The minimum absolute atomic E-state index is 0.547. The third-order valence-corrected chi connectivity index (χ3v) is 4.60. The van der Waals surface area contributed by atoms with Crippen molar-refractivity contribution in [3.8, 4) is 0 Å². The van der Waals surface area contributed by atoms with Crippen LogP contribution >= 0.6 is 0 Å². The predicted molar refractivity (Wildman–Crippen MR) is 87.5 cm³/mol. The Balaban J connectivity index is 1.71. The van der Waals surface area contributed by atoms with E-state index in [1.165, 1.54) is 25.7 Å². The van der Waals surface area contributed by atoms with E-state index in [0.717, 1.165) is 54.8 Å². The van der Waals surface area contributed by atoms with Crippen molar-refractivity contribution in [1.82, 2.24) is 15.0 Å². The minimum Gasteiger partial charge on any atom is -0.378 e. The molecule has 0 radical (unpaired) electrons. The van der Waals surface area contributed by atoms with Crippen LogP contribution < -0.4 is 10.2 Å². The first kappa shape index (κ1) is 13.8. The van der Waals surface area contributed by atoms with Crippen LogP contribution in [-0.4, -0.2) is 47.3 Å². The first-order valence-corrected chi connectivity index (χ1v) is 8.26. The van der Waals surface area contributed by atoms with Crippen molar-refractivity contribution in [3.05, 3.63) is 11.8 Å². The maximum atomic E-state index is 5.43. The maximum absolute atomic E-state index is 5.43. The lowest BCUT2D eigenvalue weighted by Gasteiger charge is -2.27. The molecule has 1 aliphatic heterocycles. The summed E-state index contributed by atoms with van der Waals surface area (Å²) in [5, 5.41) is 4.75. The average molecular weight is 301 g/mol. The monoisotopic (exact) mass is 301 g/mol. The highest BCUT2D eigenvalue weighted by molar-refractivity contribution is 5.89. The Morgan fingerprint density at radius 3 is 2.77 bits per heavy atom. The number of morpholine rings is 1. The van der Waals surface area contributed by atoms with E-state index in [1.807, 2.05) is 0 Å². The molecule has 22 heavy (non-hydrogen) atoms. The highest BCUT2D eigenvalue weighted by Crippen LogP contribution is 2.28. The molecule has 3 heterocycles. The maximum Gasteiger partial charge on any atom is 0.229 e. The molecule has 0 unspecified atom stereocenters. The Morgan fingerprint density at radius 2 is 2.00 bits per heavy atom. The number of aromatic nitrogens is 3. The smallest absolute Gasteiger partial charge is 0.229 e. The van der Waals surface area contributed by atoms with Gasteiger partial charge in [-0.15, -0.1) is 0 Å². The number of fused-ring (bicyclic) bond motifs is 1. The molecule has 0 amide bonds. The summed E-state index contributed by atoms with van der Waals surface area (Å²) in [4.78, 5) is 15.1. The Labute approximate surface area is 130 Å². The van der Waals surface area contributed by atoms with Gasteiger partial charge in [0.2, 0.25) is 5.95 Å². The second-order valence-corrected chi connectivity index (χ2v) is 6.31. The number of anilines is 2. The summed E-state index contributed by atoms with van der Waals surface area (Å²) < 4.78 is 5.43. The number of nitrogens with zero attached hydrogens (tertiary/aromatic N) is 3. The lowest BCUT2D eigenvalue weighted by molar-refractivity contribution is 0.122. The van der Waals surface area contributed by atoms with E-state index < -0.39 is 0 Å². The van der Waals surface area contributed by atoms with Gasteiger partial charge in [-0.1, -0.05) is 12.8 Å². The summed E-state index contributed by atoms with van der Waals surface area (Å²) in [6.45, 7) is 5.27. The van der Waals surface area contributed by atoms with Crippen LogP contribution in [0.4, 0.5) is 11.8 Å². The van der Waals surface area contributed by atoms with Crippen molar-refractivity contribution < 1.29 is 4.74 Å². The van der Waals surface area contributed by atoms with Gasteiger partial charge < -0.3 is 19.9 Å². The number of hydrogen-bond donors (Lipinski definition) is 2. The number of aromatic amines is 1. The van der Waals surface area contributed by atoms with Gasteiger partial charge in [-0.25, -0.2) is 0 Å². The van der Waals surface area contributed by atoms with Crippen molar-refractivity contribution in [1.29, 1.82) is 0 Å². The van der Waals surface area contributed by atoms with Crippen LogP contribution in [0.15, 0.2) is 6.07 Å². The molecule has 0 spiro atoms. The van der Waals surface area contributed by atoms with E-state index in [1.54, 1.807) is 0 Å². The Bertz CT molecular complexity index is 656. The van der Waals surface area contributed by atoms with Crippen molar-refractivity contribution in [2.75, 3.05) is 36.5 Å². The highest BCUT2D eigenvalue weighted by Gasteiger charge is 2.20. The topological polar surface area (TPSA) is 66.1 Å². The fourth-order valence-electron chi connectivity index (χ4n) is 3.41. The molecular weight excluding hydrogens is 278 g/mol. The number of aryl methyl sites for hydroxylation is 1. The molecule has 118 valence electrons. The van der Waals surface area contributed by atoms with Crippen LogP contribution in [0.5, 0.6) is 0 Å². The van der Waals surface area contributed by atoms with Crippen LogP contribution in [0.1, 0.15) is 31.4 Å². The molecule has 1 saturated carbocycles. The van der Waals surface area contributed by atoms with Gasteiger partial charge in [0.25, 0.3) is 0 Å². The SMILES string of the molecule is Cc1cc2c(NC3CCCC3)nc(N3CCOCC3)nc2[nH]1. The molecule has 1 saturated heterocycles. The first-order chi connectivity index (χ1) is 10.8. The molecular formula is C16H23N5O. The molecule has 2 aliphatic rings. The van der Waals surface area contributed by atoms with Gasteiger partial charge in [0, 0.05) is 24.8 Å². The van der Waals surface area contributed by atoms with Gasteiger partial charge in [0.15, 0.2) is 0 Å². The summed E-state index contributed by atoms with van der Waals surface area (Å²) >= 11 is 0. The number of ether oxygens (including phenoxy) is 1. The zero-order valence-electron chi connectivity index (χ0n) is 13.1. The average Bonchev–Trinajstić information content (AvgIpc) is 3.16. The number of H-pyrrole nitrogens is 1. The Morgan fingerprint density at radius 1 is 1.23 bits per heavy atom. The summed E-state index contributed by atoms with van der Waals surface area (Å²) in [5.74, 6) is 1.78. The fourth-order valence-corrected chi connectivity index (χ4v) is 3.41. The van der Waals surface area contributed by atoms with E-state index in [2.05, 4.69) is 28.2 Å². The first-order valence-electron chi connectivity index (χ1n) is 8.26. The van der Waals surface area contributed by atoms with Gasteiger partial charge in [0.1, 0.15) is 11.5 Å². The third-order valence-electron chi connectivity index (χ3n) is 4.60. The second kappa shape index (κ2) is 5.76. The lowest BCUT2D eigenvalue weighted by Crippen LogP contribution is -2.37. The standard InChI is InChI=1S/C16H23N5O/c1-11-10-13-14(17-11)19-16(21-6-8-22-9-7-21)20-15(13)18-12-4-2-3-5-12/h10,12H,2-9H2,1H3,(H2,17,18,19,20). The van der Waals surface area contributed by atoms with Gasteiger partial charge >= 0.3 is 0 Å². The van der Waals surface area contributed by atoms with Gasteiger partial charge in [-0.2, -0.15) is 9.97 Å². The highest BCUT2D eigenvalue weighted by atomic mass is 16.5. The summed E-state index contributed by atoms with van der Waals surface area (Å²) in [5.41, 5.74) is 2.05. The number of nitrogens with one attached hydrogen (secondary N) is 2. The van der Waals surface area contributed by atoms with Crippen molar-refractivity contribution in [3.63, 3.8) is 0 Å². The van der Waals surface area contributed by atoms with E-state index in [-0.39, 0.29) is 0 Å². The zero-order chi connectivity index (χ0) is 14.9.